The Morgan fingerprint density at radius 2 is 1.93 bits per heavy atom. The summed E-state index contributed by atoms with van der Waals surface area (Å²) < 4.78 is 0. The van der Waals surface area contributed by atoms with Gasteiger partial charge in [-0.2, -0.15) is 0 Å². The van der Waals surface area contributed by atoms with Crippen molar-refractivity contribution >= 4 is 29.0 Å². The lowest BCUT2D eigenvalue weighted by Gasteiger charge is -2.39. The fourth-order valence-electron chi connectivity index (χ4n) is 5.22. The first-order valence-electron chi connectivity index (χ1n) is 10.9. The van der Waals surface area contributed by atoms with Gasteiger partial charge < -0.3 is 10.2 Å². The van der Waals surface area contributed by atoms with E-state index in [1.807, 2.05) is 22.3 Å². The second-order valence-electron chi connectivity index (χ2n) is 8.66. The molecule has 2 fully saturated rings. The second kappa shape index (κ2) is 8.50. The maximum atomic E-state index is 11.7. The quantitative estimate of drug-likeness (QED) is 0.759. The molecule has 5 nitrogen and oxygen atoms in total. The summed E-state index contributed by atoms with van der Waals surface area (Å²) in [6.45, 7) is 9.89. The first-order valence-corrected chi connectivity index (χ1v) is 12.2. The van der Waals surface area contributed by atoms with Crippen LogP contribution in [0.4, 0.5) is 4.79 Å². The molecule has 2 aliphatic heterocycles. The van der Waals surface area contributed by atoms with Gasteiger partial charge in [0.05, 0.1) is 0 Å². The molecule has 160 valence electrons. The van der Waals surface area contributed by atoms with Crippen LogP contribution < -0.4 is 5.32 Å². The zero-order chi connectivity index (χ0) is 20.7. The molecule has 0 radical (unpaired) electrons. The minimum Gasteiger partial charge on any atom is -0.336 e. The maximum Gasteiger partial charge on any atom is 0.317 e. The molecule has 0 saturated carbocycles. The van der Waals surface area contributed by atoms with Gasteiger partial charge in [0.15, 0.2) is 0 Å². The number of urea groups is 1. The van der Waals surface area contributed by atoms with Crippen LogP contribution in [0.25, 0.3) is 0 Å². The largest absolute Gasteiger partial charge is 0.336 e. The summed E-state index contributed by atoms with van der Waals surface area (Å²) in [4.78, 5) is 20.2. The van der Waals surface area contributed by atoms with Crippen LogP contribution in [0.1, 0.15) is 39.9 Å². The second-order valence-corrected chi connectivity index (χ2v) is 10.2. The van der Waals surface area contributed by atoms with Crippen molar-refractivity contribution in [3.05, 3.63) is 56.2 Å². The third-order valence-corrected chi connectivity index (χ3v) is 7.99. The molecule has 2 unspecified atom stereocenters. The van der Waals surface area contributed by atoms with Gasteiger partial charge in [0.2, 0.25) is 0 Å². The lowest BCUT2D eigenvalue weighted by molar-refractivity contribution is 0.0905. The molecule has 1 aliphatic carbocycles. The molecule has 0 spiro atoms. The summed E-state index contributed by atoms with van der Waals surface area (Å²) in [6.07, 6.45) is 1.14. The highest BCUT2D eigenvalue weighted by Crippen LogP contribution is 2.48. The van der Waals surface area contributed by atoms with E-state index in [4.69, 9.17) is 11.6 Å². The Bertz CT molecular complexity index is 924. The number of benzene rings is 1. The number of nitrogens with zero attached hydrogens (tertiary/aromatic N) is 3. The Hall–Kier alpha value is -1.60. The summed E-state index contributed by atoms with van der Waals surface area (Å²) in [5, 5.41) is 6.04. The number of carbonyl (C=O) groups is 1. The molecule has 2 saturated heterocycles. The van der Waals surface area contributed by atoms with E-state index < -0.39 is 0 Å². The smallest absolute Gasteiger partial charge is 0.317 e. The average Bonchev–Trinajstić information content (AvgIpc) is 3.45. The fourth-order valence-corrected chi connectivity index (χ4v) is 6.16. The maximum absolute atomic E-state index is 11.7. The summed E-state index contributed by atoms with van der Waals surface area (Å²) >= 11 is 8.22. The van der Waals surface area contributed by atoms with Gasteiger partial charge in [-0.05, 0) is 53.6 Å². The van der Waals surface area contributed by atoms with Crippen molar-refractivity contribution in [2.75, 3.05) is 52.4 Å². The molecule has 1 aromatic carbocycles. The van der Waals surface area contributed by atoms with Crippen LogP contribution in [-0.2, 0) is 0 Å². The van der Waals surface area contributed by atoms with Gasteiger partial charge in [-0.15, -0.1) is 11.3 Å². The normalized spacial score (nSPS) is 25.0. The van der Waals surface area contributed by atoms with Crippen molar-refractivity contribution in [2.24, 2.45) is 0 Å². The van der Waals surface area contributed by atoms with Gasteiger partial charge in [0.25, 0.3) is 0 Å². The average molecular weight is 445 g/mol. The number of thiophene rings is 1. The number of nitrogens with one attached hydrogen (secondary N) is 1. The van der Waals surface area contributed by atoms with Crippen LogP contribution >= 0.6 is 22.9 Å². The van der Waals surface area contributed by atoms with Crippen molar-refractivity contribution in [1.29, 1.82) is 0 Å². The molecule has 1 N–H and O–H groups in total. The van der Waals surface area contributed by atoms with Gasteiger partial charge in [-0.1, -0.05) is 17.7 Å². The van der Waals surface area contributed by atoms with E-state index in [0.717, 1.165) is 63.8 Å². The minimum absolute atomic E-state index is 0.0876. The predicted molar refractivity (Wildman–Crippen MR) is 123 cm³/mol. The molecule has 2 atom stereocenters. The van der Waals surface area contributed by atoms with Gasteiger partial charge in [-0.25, -0.2) is 4.79 Å². The number of hydrogen-bond donors (Lipinski definition) is 1. The van der Waals surface area contributed by atoms with Crippen molar-refractivity contribution in [1.82, 2.24) is 20.0 Å². The van der Waals surface area contributed by atoms with Crippen molar-refractivity contribution < 1.29 is 4.79 Å². The molecule has 3 aliphatic rings. The Balaban J connectivity index is 1.25. The number of hydrogen-bond acceptors (Lipinski definition) is 4. The van der Waals surface area contributed by atoms with Gasteiger partial charge >= 0.3 is 6.03 Å². The third kappa shape index (κ3) is 3.98. The number of halogens is 1. The lowest BCUT2D eigenvalue weighted by atomic mass is 9.95. The number of amides is 2. The Kier molecular flexibility index (Phi) is 5.75. The molecule has 5 rings (SSSR count). The standard InChI is InChI=1S/C23H29ClN4OS/c1-16-12-17(15-30-16)20-14-22(19-3-2-18(24)13-21(19)20)27-9-6-26(7-10-27)8-11-28-5-4-25-23(28)29/h2-3,12-13,15,20,22H,4-11,14H2,1H3,(H,25,29). The monoisotopic (exact) mass is 444 g/mol. The SMILES string of the molecule is Cc1cc(C2CC(N3CCN(CCN4CCNC4=O)CC3)c3ccc(Cl)cc32)cs1. The molecular formula is C23H29ClN4OS. The number of fused-ring (bicyclic) bond motifs is 1. The van der Waals surface area contributed by atoms with Crippen molar-refractivity contribution in [2.45, 2.75) is 25.3 Å². The van der Waals surface area contributed by atoms with Gasteiger partial charge in [0, 0.05) is 74.2 Å². The molecule has 30 heavy (non-hydrogen) atoms. The number of piperazine rings is 1. The fraction of sp³-hybridized carbons (Fsp3) is 0.522. The van der Waals surface area contributed by atoms with Crippen LogP contribution in [0.2, 0.25) is 5.02 Å². The van der Waals surface area contributed by atoms with Crippen molar-refractivity contribution in [3.63, 3.8) is 0 Å². The molecular weight excluding hydrogens is 416 g/mol. The van der Waals surface area contributed by atoms with Crippen LogP contribution in [0.15, 0.2) is 29.6 Å². The number of aryl methyl sites for hydroxylation is 1. The predicted octanol–water partition coefficient (Wildman–Crippen LogP) is 3.93. The zero-order valence-electron chi connectivity index (χ0n) is 17.4. The van der Waals surface area contributed by atoms with Crippen LogP contribution in [0.5, 0.6) is 0 Å². The summed E-state index contributed by atoms with van der Waals surface area (Å²) in [6, 6.07) is 9.38. The van der Waals surface area contributed by atoms with E-state index >= 15 is 0 Å². The summed E-state index contributed by atoms with van der Waals surface area (Å²) in [5.41, 5.74) is 4.30. The Morgan fingerprint density at radius 3 is 2.63 bits per heavy atom. The van der Waals surface area contributed by atoms with E-state index in [-0.39, 0.29) is 6.03 Å². The Labute approximate surface area is 187 Å². The molecule has 2 aromatic rings. The van der Waals surface area contributed by atoms with Crippen molar-refractivity contribution in [3.8, 4) is 0 Å². The van der Waals surface area contributed by atoms with Gasteiger partial charge in [0.1, 0.15) is 0 Å². The van der Waals surface area contributed by atoms with Crippen LogP contribution in [0.3, 0.4) is 0 Å². The molecule has 3 heterocycles. The van der Waals surface area contributed by atoms with E-state index in [9.17, 15) is 4.79 Å². The molecule has 2 amide bonds. The Morgan fingerprint density at radius 1 is 1.10 bits per heavy atom. The topological polar surface area (TPSA) is 38.8 Å². The number of carbonyl (C=O) groups excluding carboxylic acids is 1. The first-order chi connectivity index (χ1) is 14.6. The first kappa shape index (κ1) is 20.3. The lowest BCUT2D eigenvalue weighted by Crippen LogP contribution is -2.49. The zero-order valence-corrected chi connectivity index (χ0v) is 19.0. The highest BCUT2D eigenvalue weighted by Gasteiger charge is 2.37. The number of rotatable bonds is 5. The van der Waals surface area contributed by atoms with Crippen LogP contribution in [0, 0.1) is 6.92 Å². The molecule has 0 bridgehead atoms. The van der Waals surface area contributed by atoms with Crippen LogP contribution in [-0.4, -0.2) is 73.1 Å². The summed E-state index contributed by atoms with van der Waals surface area (Å²) in [7, 11) is 0. The third-order valence-electron chi connectivity index (χ3n) is 6.87. The van der Waals surface area contributed by atoms with E-state index in [0.29, 0.717) is 12.0 Å². The highest BCUT2D eigenvalue weighted by atomic mass is 35.5. The molecule has 1 aromatic heterocycles. The van der Waals surface area contributed by atoms with E-state index in [2.05, 4.69) is 45.6 Å². The summed E-state index contributed by atoms with van der Waals surface area (Å²) in [5.74, 6) is 0.445. The van der Waals surface area contributed by atoms with E-state index in [1.54, 1.807) is 0 Å². The molecule has 7 heteroatoms. The minimum atomic E-state index is 0.0876. The van der Waals surface area contributed by atoms with Gasteiger partial charge in [-0.3, -0.25) is 9.80 Å². The van der Waals surface area contributed by atoms with E-state index in [1.165, 1.54) is 21.6 Å². The highest BCUT2D eigenvalue weighted by molar-refractivity contribution is 7.10.